The molecule has 0 radical (unpaired) electrons. The van der Waals surface area contributed by atoms with E-state index in [2.05, 4.69) is 15.5 Å². The van der Waals surface area contributed by atoms with Crippen LogP contribution in [0.5, 0.6) is 0 Å². The minimum Gasteiger partial charge on any atom is -0.369 e. The molecule has 0 aromatic heterocycles. The van der Waals surface area contributed by atoms with Gasteiger partial charge in [0.1, 0.15) is 0 Å². The van der Waals surface area contributed by atoms with Crippen LogP contribution in [0.2, 0.25) is 5.02 Å². The number of rotatable bonds is 3. The molecule has 1 fully saturated rings. The highest BCUT2D eigenvalue weighted by atomic mass is 35.5. The van der Waals surface area contributed by atoms with E-state index in [1.54, 1.807) is 30.0 Å². The van der Waals surface area contributed by atoms with Gasteiger partial charge in [0.25, 0.3) is 5.91 Å². The Morgan fingerprint density at radius 1 is 1.11 bits per heavy atom. The summed E-state index contributed by atoms with van der Waals surface area (Å²) >= 11 is 10.0. The molecule has 0 unspecified atom stereocenters. The average Bonchev–Trinajstić information content (AvgIpc) is 2.88. The molecule has 2 N–H and O–H groups in total. The Balaban J connectivity index is 1.49. The van der Waals surface area contributed by atoms with Crippen molar-refractivity contribution in [1.82, 2.24) is 0 Å². The molecule has 2 amide bonds. The highest BCUT2D eigenvalue weighted by Crippen LogP contribution is 2.33. The lowest BCUT2D eigenvalue weighted by molar-refractivity contribution is -0.115. The first kappa shape index (κ1) is 19.5. The molecule has 2 heterocycles. The van der Waals surface area contributed by atoms with Crippen molar-refractivity contribution in [2.45, 2.75) is 11.3 Å². The van der Waals surface area contributed by atoms with Gasteiger partial charge in [-0.3, -0.25) is 9.59 Å². The predicted molar refractivity (Wildman–Crippen MR) is 119 cm³/mol. The lowest BCUT2D eigenvalue weighted by Gasteiger charge is -2.29. The van der Waals surface area contributed by atoms with Gasteiger partial charge < -0.3 is 15.5 Å². The van der Waals surface area contributed by atoms with Crippen LogP contribution in [0, 0.1) is 0 Å². The van der Waals surface area contributed by atoms with E-state index in [0.29, 0.717) is 28.4 Å². The van der Waals surface area contributed by atoms with Crippen molar-refractivity contribution in [3.63, 3.8) is 0 Å². The first-order chi connectivity index (χ1) is 13.6. The second-order valence-corrected chi connectivity index (χ2v) is 9.35. The van der Waals surface area contributed by atoms with Crippen LogP contribution >= 0.6 is 35.1 Å². The number of anilines is 3. The van der Waals surface area contributed by atoms with E-state index in [9.17, 15) is 9.59 Å². The van der Waals surface area contributed by atoms with Crippen LogP contribution in [-0.2, 0) is 4.79 Å². The van der Waals surface area contributed by atoms with Gasteiger partial charge in [0.05, 0.1) is 16.4 Å². The van der Waals surface area contributed by atoms with Crippen LogP contribution in [0.4, 0.5) is 17.1 Å². The summed E-state index contributed by atoms with van der Waals surface area (Å²) in [6.07, 6.45) is 0.474. The van der Waals surface area contributed by atoms with Gasteiger partial charge in [0.2, 0.25) is 5.91 Å². The van der Waals surface area contributed by atoms with Gasteiger partial charge in [-0.15, -0.1) is 11.8 Å². The maximum atomic E-state index is 12.7. The number of nitrogens with zero attached hydrogens (tertiary/aromatic N) is 1. The zero-order valence-electron chi connectivity index (χ0n) is 15.2. The SMILES string of the molecule is O=C1CCSc2ccc(C(=O)Nc3ccc(N4CCSCC4)c(Cl)c3)cc2N1. The van der Waals surface area contributed by atoms with Crippen LogP contribution in [0.15, 0.2) is 41.3 Å². The quantitative estimate of drug-likeness (QED) is 0.741. The molecule has 5 nitrogen and oxygen atoms in total. The Kier molecular flexibility index (Phi) is 6.04. The number of hydrogen-bond donors (Lipinski definition) is 2. The smallest absolute Gasteiger partial charge is 0.255 e. The number of amides is 2. The van der Waals surface area contributed by atoms with E-state index < -0.39 is 0 Å². The Morgan fingerprint density at radius 3 is 2.71 bits per heavy atom. The maximum absolute atomic E-state index is 12.7. The minimum absolute atomic E-state index is 0.0257. The molecule has 8 heteroatoms. The highest BCUT2D eigenvalue weighted by Gasteiger charge is 2.17. The summed E-state index contributed by atoms with van der Waals surface area (Å²) in [5.74, 6) is 2.68. The molecule has 2 aliphatic rings. The molecule has 0 aliphatic carbocycles. The first-order valence-corrected chi connectivity index (χ1v) is 11.6. The predicted octanol–water partition coefficient (Wildman–Crippen LogP) is 4.58. The van der Waals surface area contributed by atoms with E-state index in [1.807, 2.05) is 30.0 Å². The second-order valence-electron chi connectivity index (χ2n) is 6.58. The monoisotopic (exact) mass is 433 g/mol. The zero-order valence-corrected chi connectivity index (χ0v) is 17.6. The van der Waals surface area contributed by atoms with Gasteiger partial charge in [-0.25, -0.2) is 0 Å². The van der Waals surface area contributed by atoms with E-state index in [0.717, 1.165) is 40.9 Å². The van der Waals surface area contributed by atoms with Gasteiger partial charge in [-0.1, -0.05) is 11.6 Å². The largest absolute Gasteiger partial charge is 0.369 e. The number of hydrogen-bond acceptors (Lipinski definition) is 5. The van der Waals surface area contributed by atoms with Crippen molar-refractivity contribution in [1.29, 1.82) is 0 Å². The first-order valence-electron chi connectivity index (χ1n) is 9.10. The summed E-state index contributed by atoms with van der Waals surface area (Å²) in [5, 5.41) is 6.40. The van der Waals surface area contributed by atoms with Crippen LogP contribution in [0.3, 0.4) is 0 Å². The number of benzene rings is 2. The number of halogens is 1. The molecule has 2 aromatic rings. The topological polar surface area (TPSA) is 61.4 Å². The van der Waals surface area contributed by atoms with Crippen LogP contribution < -0.4 is 15.5 Å². The number of fused-ring (bicyclic) bond motifs is 1. The fourth-order valence-electron chi connectivity index (χ4n) is 3.21. The number of carbonyl (C=O) groups excluding carboxylic acids is 2. The maximum Gasteiger partial charge on any atom is 0.255 e. The third-order valence-corrected chi connectivity index (χ3v) is 6.98. The van der Waals surface area contributed by atoms with E-state index in [1.165, 1.54) is 0 Å². The van der Waals surface area contributed by atoms with Crippen molar-refractivity contribution < 1.29 is 9.59 Å². The fourth-order valence-corrected chi connectivity index (χ4v) is 5.35. The van der Waals surface area contributed by atoms with Gasteiger partial charge in [0, 0.05) is 52.9 Å². The number of carbonyl (C=O) groups is 2. The molecule has 2 aliphatic heterocycles. The van der Waals surface area contributed by atoms with E-state index in [-0.39, 0.29) is 11.8 Å². The highest BCUT2D eigenvalue weighted by molar-refractivity contribution is 7.99. The Labute approximate surface area is 177 Å². The molecule has 28 heavy (non-hydrogen) atoms. The third-order valence-electron chi connectivity index (χ3n) is 4.66. The Hall–Kier alpha value is -1.83. The van der Waals surface area contributed by atoms with Crippen LogP contribution in [0.25, 0.3) is 0 Å². The zero-order chi connectivity index (χ0) is 19.5. The third kappa shape index (κ3) is 4.42. The molecule has 1 saturated heterocycles. The van der Waals surface area contributed by atoms with Crippen LogP contribution in [-0.4, -0.2) is 42.2 Å². The number of thioether (sulfide) groups is 2. The van der Waals surface area contributed by atoms with E-state index in [4.69, 9.17) is 11.6 Å². The summed E-state index contributed by atoms with van der Waals surface area (Å²) in [7, 11) is 0. The van der Waals surface area contributed by atoms with Crippen molar-refractivity contribution in [3.8, 4) is 0 Å². The molecular formula is C20H20ClN3O2S2. The average molecular weight is 434 g/mol. The summed E-state index contributed by atoms with van der Waals surface area (Å²) in [4.78, 5) is 27.7. The normalized spacial score (nSPS) is 16.8. The van der Waals surface area contributed by atoms with E-state index >= 15 is 0 Å². The van der Waals surface area contributed by atoms with Crippen LogP contribution in [0.1, 0.15) is 16.8 Å². The van der Waals surface area contributed by atoms with Crippen molar-refractivity contribution >= 4 is 64.0 Å². The lowest BCUT2D eigenvalue weighted by Crippen LogP contribution is -2.32. The van der Waals surface area contributed by atoms with Crippen molar-refractivity contribution in [2.75, 3.05) is 45.9 Å². The molecular weight excluding hydrogens is 414 g/mol. The van der Waals surface area contributed by atoms with Gasteiger partial charge in [-0.05, 0) is 36.4 Å². The molecule has 0 atom stereocenters. The molecule has 0 spiro atoms. The summed E-state index contributed by atoms with van der Waals surface area (Å²) in [5.41, 5.74) is 2.84. The molecule has 146 valence electrons. The standard InChI is InChI=1S/C20H20ClN3O2S2/c21-15-12-14(2-3-17(15)24-6-9-27-10-7-24)22-20(26)13-1-4-18-16(11-13)23-19(25)5-8-28-18/h1-4,11-12H,5-10H2,(H,22,26)(H,23,25). The van der Waals surface area contributed by atoms with Crippen molar-refractivity contribution in [2.24, 2.45) is 0 Å². The Bertz CT molecular complexity index is 916. The van der Waals surface area contributed by atoms with Gasteiger partial charge in [-0.2, -0.15) is 11.8 Å². The Morgan fingerprint density at radius 2 is 1.93 bits per heavy atom. The van der Waals surface area contributed by atoms with Crippen molar-refractivity contribution in [3.05, 3.63) is 47.0 Å². The fraction of sp³-hybridized carbons (Fsp3) is 0.300. The number of nitrogens with one attached hydrogen (secondary N) is 2. The summed E-state index contributed by atoms with van der Waals surface area (Å²) in [6, 6.07) is 11.0. The molecule has 4 rings (SSSR count). The second kappa shape index (κ2) is 8.68. The van der Waals surface area contributed by atoms with Gasteiger partial charge in [0.15, 0.2) is 0 Å². The molecule has 0 saturated carbocycles. The molecule has 0 bridgehead atoms. The van der Waals surface area contributed by atoms with Gasteiger partial charge >= 0.3 is 0 Å². The molecule has 2 aromatic carbocycles. The minimum atomic E-state index is -0.232. The summed E-state index contributed by atoms with van der Waals surface area (Å²) in [6.45, 7) is 1.96. The lowest BCUT2D eigenvalue weighted by atomic mass is 10.1. The summed E-state index contributed by atoms with van der Waals surface area (Å²) < 4.78 is 0.